The molecular formula is C31H42F3N5O5. The van der Waals surface area contributed by atoms with Crippen molar-refractivity contribution in [2.24, 2.45) is 5.92 Å². The van der Waals surface area contributed by atoms with Crippen molar-refractivity contribution >= 4 is 17.7 Å². The number of carbonyl (C=O) groups excluding carboxylic acids is 3. The van der Waals surface area contributed by atoms with E-state index in [1.165, 1.54) is 6.07 Å². The van der Waals surface area contributed by atoms with Crippen molar-refractivity contribution in [2.75, 3.05) is 33.8 Å². The minimum Gasteiger partial charge on any atom is -0.503 e. The quantitative estimate of drug-likeness (QED) is 0.345. The van der Waals surface area contributed by atoms with E-state index >= 15 is 0 Å². The second-order valence-corrected chi connectivity index (χ2v) is 11.7. The van der Waals surface area contributed by atoms with Crippen molar-refractivity contribution in [1.82, 2.24) is 26.2 Å². The van der Waals surface area contributed by atoms with E-state index in [1.54, 1.807) is 51.9 Å². The topological polar surface area (TPSA) is 132 Å². The van der Waals surface area contributed by atoms with Gasteiger partial charge in [0, 0.05) is 19.1 Å². The lowest BCUT2D eigenvalue weighted by molar-refractivity contribution is -0.133. The van der Waals surface area contributed by atoms with E-state index < -0.39 is 71.0 Å². The van der Waals surface area contributed by atoms with Crippen LogP contribution in [0.5, 0.6) is 11.5 Å². The lowest BCUT2D eigenvalue weighted by Crippen LogP contribution is -2.60. The molecule has 0 unspecified atom stereocenters. The van der Waals surface area contributed by atoms with Gasteiger partial charge < -0.3 is 30.7 Å². The molecule has 0 bridgehead atoms. The van der Waals surface area contributed by atoms with Crippen LogP contribution in [0.4, 0.5) is 13.2 Å². The molecule has 0 saturated heterocycles. The Morgan fingerprint density at radius 2 is 1.66 bits per heavy atom. The summed E-state index contributed by atoms with van der Waals surface area (Å²) in [6.07, 6.45) is 0.667. The van der Waals surface area contributed by atoms with Crippen molar-refractivity contribution < 1.29 is 37.4 Å². The van der Waals surface area contributed by atoms with Crippen LogP contribution in [0, 0.1) is 23.4 Å². The maximum Gasteiger partial charge on any atom is 0.243 e. The molecule has 10 nitrogen and oxygen atoms in total. The summed E-state index contributed by atoms with van der Waals surface area (Å²) in [6, 6.07) is 2.74. The number of fused-ring (bicyclic) bond motifs is 1. The zero-order chi connectivity index (χ0) is 32.6. The van der Waals surface area contributed by atoms with Gasteiger partial charge in [0.15, 0.2) is 29.0 Å². The average Bonchev–Trinajstić information content (AvgIpc) is 2.94. The van der Waals surface area contributed by atoms with E-state index in [9.17, 15) is 32.7 Å². The SMILES string of the molecule is CC(C)[C@H]1NC(=O)[C@@H](Cc2cc(F)c(O)c(F)c2)N[C@@H](C)COc2c(F)cccc2CCCNC(=O)[C@H](CN(C)C)NC1=O. The molecule has 4 atom stereocenters. The maximum atomic E-state index is 14.8. The minimum atomic E-state index is -1.19. The Balaban J connectivity index is 1.97. The molecule has 44 heavy (non-hydrogen) atoms. The normalized spacial score (nSPS) is 22.7. The summed E-state index contributed by atoms with van der Waals surface area (Å²) in [5.74, 6) is -6.05. The molecule has 0 fully saturated rings. The maximum absolute atomic E-state index is 14.8. The highest BCUT2D eigenvalue weighted by Gasteiger charge is 2.32. The molecule has 0 spiro atoms. The van der Waals surface area contributed by atoms with E-state index in [-0.39, 0.29) is 37.4 Å². The first-order chi connectivity index (χ1) is 20.8. The number of nitrogens with one attached hydrogen (secondary N) is 4. The van der Waals surface area contributed by atoms with Crippen LogP contribution in [-0.2, 0) is 27.2 Å². The molecule has 1 aliphatic heterocycles. The van der Waals surface area contributed by atoms with Crippen LogP contribution in [0.3, 0.4) is 0 Å². The lowest BCUT2D eigenvalue weighted by atomic mass is 10.00. The van der Waals surface area contributed by atoms with Crippen LogP contribution >= 0.6 is 0 Å². The van der Waals surface area contributed by atoms with Gasteiger partial charge in [-0.2, -0.15) is 0 Å². The molecule has 2 aromatic rings. The molecule has 0 aromatic heterocycles. The number of carbonyl (C=O) groups is 3. The van der Waals surface area contributed by atoms with Gasteiger partial charge in [0.1, 0.15) is 18.7 Å². The summed E-state index contributed by atoms with van der Waals surface area (Å²) in [7, 11) is 3.51. The molecule has 2 aromatic carbocycles. The van der Waals surface area contributed by atoms with E-state index in [0.717, 1.165) is 12.1 Å². The van der Waals surface area contributed by atoms with Gasteiger partial charge in [-0.05, 0) is 75.5 Å². The highest BCUT2D eigenvalue weighted by atomic mass is 19.1. The fraction of sp³-hybridized carbons (Fsp3) is 0.516. The summed E-state index contributed by atoms with van der Waals surface area (Å²) in [5, 5.41) is 20.9. The number of rotatable bonds is 5. The summed E-state index contributed by atoms with van der Waals surface area (Å²) in [6.45, 7) is 5.56. The number of halogens is 3. The van der Waals surface area contributed by atoms with Crippen LogP contribution in [0.25, 0.3) is 0 Å². The zero-order valence-corrected chi connectivity index (χ0v) is 25.7. The van der Waals surface area contributed by atoms with Crippen LogP contribution in [-0.4, -0.2) is 85.7 Å². The van der Waals surface area contributed by atoms with Gasteiger partial charge in [0.05, 0.1) is 6.04 Å². The smallest absolute Gasteiger partial charge is 0.243 e. The number of benzene rings is 2. The summed E-state index contributed by atoms with van der Waals surface area (Å²) in [4.78, 5) is 41.9. The largest absolute Gasteiger partial charge is 0.503 e. The summed E-state index contributed by atoms with van der Waals surface area (Å²) >= 11 is 0. The Morgan fingerprint density at radius 3 is 2.30 bits per heavy atom. The molecule has 3 amide bonds. The van der Waals surface area contributed by atoms with Crippen molar-refractivity contribution in [1.29, 1.82) is 0 Å². The molecule has 3 rings (SSSR count). The van der Waals surface area contributed by atoms with Crippen LogP contribution in [0.1, 0.15) is 38.3 Å². The third kappa shape index (κ3) is 9.58. The number of nitrogens with zero attached hydrogens (tertiary/aromatic N) is 1. The molecule has 1 aliphatic rings. The predicted octanol–water partition coefficient (Wildman–Crippen LogP) is 2.03. The molecule has 5 N–H and O–H groups in total. The summed E-state index contributed by atoms with van der Waals surface area (Å²) in [5.41, 5.74) is 0.667. The van der Waals surface area contributed by atoms with Crippen LogP contribution in [0.2, 0.25) is 0 Å². The van der Waals surface area contributed by atoms with E-state index in [1.807, 2.05) is 0 Å². The number of ether oxygens (including phenoxy) is 1. The molecule has 0 aliphatic carbocycles. The molecule has 0 radical (unpaired) electrons. The Hall–Kier alpha value is -3.84. The monoisotopic (exact) mass is 621 g/mol. The molecule has 0 saturated carbocycles. The first-order valence-corrected chi connectivity index (χ1v) is 14.6. The third-order valence-corrected chi connectivity index (χ3v) is 7.19. The van der Waals surface area contributed by atoms with Crippen molar-refractivity contribution in [3.05, 3.63) is 58.9 Å². The standard InChI is InChI=1S/C31H42F3N5O5/c1-17(2)26-31(43)37-25(15-39(4)5)29(41)35-11-7-9-20-8-6-10-21(32)28(20)44-16-18(3)36-24(30(42)38-26)14-19-12-22(33)27(40)23(34)13-19/h6,8,10,12-13,17-18,24-26,36,40H,7,9,11,14-16H2,1-5H3,(H,35,41)(H,37,43)(H,38,42)/t18-,24+,25-,26+/m0/s1. The first-order valence-electron chi connectivity index (χ1n) is 14.6. The number of phenols is 1. The Morgan fingerprint density at radius 1 is 0.977 bits per heavy atom. The first kappa shape index (κ1) is 34.6. The zero-order valence-electron chi connectivity index (χ0n) is 25.7. The molecule has 13 heteroatoms. The molecule has 1 heterocycles. The highest BCUT2D eigenvalue weighted by Crippen LogP contribution is 2.25. The number of aryl methyl sites for hydroxylation is 1. The van der Waals surface area contributed by atoms with Gasteiger partial charge in [-0.1, -0.05) is 26.0 Å². The van der Waals surface area contributed by atoms with Crippen molar-refractivity contribution in [3.8, 4) is 11.5 Å². The Kier molecular flexibility index (Phi) is 12.4. The summed E-state index contributed by atoms with van der Waals surface area (Å²) < 4.78 is 48.9. The van der Waals surface area contributed by atoms with Gasteiger partial charge in [-0.15, -0.1) is 0 Å². The number of para-hydroxylation sites is 1. The Labute approximate surface area is 255 Å². The minimum absolute atomic E-state index is 0.0508. The average molecular weight is 622 g/mol. The van der Waals surface area contributed by atoms with Gasteiger partial charge in [-0.3, -0.25) is 19.7 Å². The van der Waals surface area contributed by atoms with Crippen LogP contribution in [0.15, 0.2) is 30.3 Å². The van der Waals surface area contributed by atoms with E-state index in [4.69, 9.17) is 4.74 Å². The van der Waals surface area contributed by atoms with Gasteiger partial charge >= 0.3 is 0 Å². The Bertz CT molecular complexity index is 1300. The van der Waals surface area contributed by atoms with Gasteiger partial charge in [0.25, 0.3) is 0 Å². The van der Waals surface area contributed by atoms with Gasteiger partial charge in [0.2, 0.25) is 17.7 Å². The molecular weight excluding hydrogens is 579 g/mol. The number of aromatic hydroxyl groups is 1. The van der Waals surface area contributed by atoms with Gasteiger partial charge in [-0.25, -0.2) is 13.2 Å². The number of hydrogen-bond acceptors (Lipinski definition) is 7. The number of amides is 3. The predicted molar refractivity (Wildman–Crippen MR) is 159 cm³/mol. The third-order valence-electron chi connectivity index (χ3n) is 7.19. The van der Waals surface area contributed by atoms with E-state index in [0.29, 0.717) is 18.4 Å². The van der Waals surface area contributed by atoms with Crippen LogP contribution < -0.4 is 26.0 Å². The van der Waals surface area contributed by atoms with Crippen molar-refractivity contribution in [3.63, 3.8) is 0 Å². The fourth-order valence-corrected chi connectivity index (χ4v) is 4.93. The number of likely N-dealkylation sites (N-methyl/N-ethyl adjacent to an activating group) is 1. The number of hydrogen-bond donors (Lipinski definition) is 5. The lowest BCUT2D eigenvalue weighted by Gasteiger charge is -2.29. The molecule has 242 valence electrons. The fourth-order valence-electron chi connectivity index (χ4n) is 4.93. The second-order valence-electron chi connectivity index (χ2n) is 11.7. The highest BCUT2D eigenvalue weighted by molar-refractivity contribution is 5.93. The number of phenolic OH excluding ortho intramolecular Hbond substituents is 1. The van der Waals surface area contributed by atoms with E-state index in [2.05, 4.69) is 21.3 Å². The second kappa shape index (κ2) is 15.8. The van der Waals surface area contributed by atoms with Crippen molar-refractivity contribution in [2.45, 2.75) is 64.2 Å².